The molecule has 0 heterocycles. The predicted molar refractivity (Wildman–Crippen MR) is 158 cm³/mol. The highest BCUT2D eigenvalue weighted by Gasteiger charge is 2.07. The Kier molecular flexibility index (Phi) is 19.0. The smallest absolute Gasteiger partial charge is 0.118 e. The highest BCUT2D eigenvalue weighted by Crippen LogP contribution is 2.18. The van der Waals surface area contributed by atoms with Gasteiger partial charge < -0.3 is 25.1 Å². The van der Waals surface area contributed by atoms with Crippen molar-refractivity contribution >= 4 is 12.4 Å². The van der Waals surface area contributed by atoms with Gasteiger partial charge >= 0.3 is 0 Å². The molecule has 0 radical (unpaired) electrons. The Hall–Kier alpha value is -1.79. The van der Waals surface area contributed by atoms with Crippen LogP contribution in [0.1, 0.15) is 75.3 Å². The summed E-state index contributed by atoms with van der Waals surface area (Å²) < 4.78 is 0. The van der Waals surface area contributed by atoms with Crippen LogP contribution in [-0.2, 0) is 12.8 Å². The van der Waals surface area contributed by atoms with Crippen molar-refractivity contribution in [1.29, 1.82) is 0 Å². The zero-order chi connectivity index (χ0) is 25.8. The Morgan fingerprint density at radius 3 is 1.46 bits per heavy atom. The highest BCUT2D eigenvalue weighted by molar-refractivity contribution is 5.85. The molecule has 6 heteroatoms. The minimum atomic E-state index is 0. The molecule has 0 aromatic heterocycles. The number of rotatable bonds is 21. The summed E-state index contributed by atoms with van der Waals surface area (Å²) in [5.41, 5.74) is 2.02. The molecule has 3 N–H and O–H groups in total. The van der Waals surface area contributed by atoms with Gasteiger partial charge in [0.05, 0.1) is 6.61 Å². The van der Waals surface area contributed by atoms with Crippen molar-refractivity contribution in [2.75, 3.05) is 46.4 Å². The van der Waals surface area contributed by atoms with E-state index in [0.29, 0.717) is 18.0 Å². The van der Waals surface area contributed by atoms with E-state index in [2.05, 4.69) is 16.8 Å². The number of phenols is 2. The summed E-state index contributed by atoms with van der Waals surface area (Å²) in [6.07, 6.45) is 14.7. The van der Waals surface area contributed by atoms with Crippen molar-refractivity contribution in [1.82, 2.24) is 9.80 Å². The Labute approximate surface area is 231 Å². The molecule has 0 saturated heterocycles. The second-order valence-electron chi connectivity index (χ2n) is 10.2. The van der Waals surface area contributed by atoms with Crippen molar-refractivity contribution < 1.29 is 15.3 Å². The third-order valence-corrected chi connectivity index (χ3v) is 7.12. The summed E-state index contributed by atoms with van der Waals surface area (Å²) in [5.74, 6) is 0.782. The van der Waals surface area contributed by atoms with Gasteiger partial charge in [0.1, 0.15) is 11.5 Å². The normalized spacial score (nSPS) is 11.2. The van der Waals surface area contributed by atoms with Gasteiger partial charge in [0.25, 0.3) is 0 Å². The van der Waals surface area contributed by atoms with Gasteiger partial charge in [-0.3, -0.25) is 0 Å². The molecule has 0 fully saturated rings. The number of nitrogens with zero attached hydrogens (tertiary/aromatic N) is 2. The van der Waals surface area contributed by atoms with Crippen molar-refractivity contribution in [3.05, 3.63) is 59.7 Å². The number of likely N-dealkylation sites (N-methyl/N-ethyl adjacent to an activating group) is 1. The van der Waals surface area contributed by atoms with E-state index in [4.69, 9.17) is 0 Å². The number of aliphatic hydroxyl groups is 1. The van der Waals surface area contributed by atoms with E-state index in [1.165, 1.54) is 64.2 Å². The second kappa shape index (κ2) is 21.2. The first-order valence-electron chi connectivity index (χ1n) is 14.2. The Morgan fingerprint density at radius 1 is 0.541 bits per heavy atom. The molecule has 0 spiro atoms. The van der Waals surface area contributed by atoms with Crippen LogP contribution in [0.15, 0.2) is 48.5 Å². The summed E-state index contributed by atoms with van der Waals surface area (Å²) >= 11 is 0. The van der Waals surface area contributed by atoms with E-state index in [9.17, 15) is 15.3 Å². The molecule has 0 aliphatic heterocycles. The zero-order valence-electron chi connectivity index (χ0n) is 23.0. The predicted octanol–water partition coefficient (Wildman–Crippen LogP) is 6.43. The topological polar surface area (TPSA) is 67.2 Å². The van der Waals surface area contributed by atoms with E-state index < -0.39 is 0 Å². The number of para-hydroxylation sites is 2. The fourth-order valence-electron chi connectivity index (χ4n) is 4.75. The third kappa shape index (κ3) is 15.3. The number of hydrogen-bond acceptors (Lipinski definition) is 5. The van der Waals surface area contributed by atoms with Crippen LogP contribution in [0.2, 0.25) is 0 Å². The van der Waals surface area contributed by atoms with E-state index in [0.717, 1.165) is 50.1 Å². The molecule has 0 atom stereocenters. The van der Waals surface area contributed by atoms with Gasteiger partial charge in [-0.15, -0.1) is 12.4 Å². The molecule has 2 aromatic rings. The minimum Gasteiger partial charge on any atom is -0.508 e. The van der Waals surface area contributed by atoms with Crippen molar-refractivity contribution in [2.45, 2.75) is 77.0 Å². The van der Waals surface area contributed by atoms with Crippen molar-refractivity contribution in [3.63, 3.8) is 0 Å². The average Bonchev–Trinajstić information content (AvgIpc) is 2.88. The maximum absolute atomic E-state index is 9.94. The average molecular weight is 535 g/mol. The van der Waals surface area contributed by atoms with E-state index in [1.54, 1.807) is 12.1 Å². The van der Waals surface area contributed by atoms with Crippen molar-refractivity contribution in [2.24, 2.45) is 0 Å². The molecule has 210 valence electrons. The second-order valence-corrected chi connectivity index (χ2v) is 10.2. The lowest BCUT2D eigenvalue weighted by atomic mass is 10.1. The first kappa shape index (κ1) is 33.2. The number of benzene rings is 2. The standard InChI is InChI=1S/C31H50N2O3.ClH/c1-32(24-20-28-16-10-12-18-30(28)35)22-14-8-6-4-2-3-5-7-9-15-23-33(26-27-34)25-21-29-17-11-13-19-31(29)36;/h10-13,16-19,34-36H,2-9,14-15,20-27H2,1H3;1H. The van der Waals surface area contributed by atoms with Crippen molar-refractivity contribution in [3.8, 4) is 11.5 Å². The lowest BCUT2D eigenvalue weighted by Gasteiger charge is -2.21. The Morgan fingerprint density at radius 2 is 0.973 bits per heavy atom. The lowest BCUT2D eigenvalue weighted by molar-refractivity contribution is 0.194. The monoisotopic (exact) mass is 534 g/mol. The fraction of sp³-hybridized carbons (Fsp3) is 0.613. The molecular weight excluding hydrogens is 484 g/mol. The van der Waals surface area contributed by atoms with Crippen LogP contribution in [0.25, 0.3) is 0 Å². The Balaban J connectivity index is 0.00000684. The SMILES string of the molecule is CN(CCCCCCCCCCCCN(CCO)CCc1ccccc1O)CCc1ccccc1O.Cl. The molecule has 0 bridgehead atoms. The van der Waals surface area contributed by atoms with E-state index in [-0.39, 0.29) is 19.0 Å². The molecule has 37 heavy (non-hydrogen) atoms. The third-order valence-electron chi connectivity index (χ3n) is 7.12. The number of aliphatic hydroxyl groups excluding tert-OH is 1. The quantitative estimate of drug-likeness (QED) is 0.161. The maximum atomic E-state index is 9.94. The molecule has 2 rings (SSSR count). The number of hydrogen-bond donors (Lipinski definition) is 3. The van der Waals surface area contributed by atoms with Crippen LogP contribution in [0.5, 0.6) is 11.5 Å². The summed E-state index contributed by atoms with van der Waals surface area (Å²) in [6, 6.07) is 15.2. The number of aromatic hydroxyl groups is 2. The van der Waals surface area contributed by atoms with Crippen LogP contribution in [-0.4, -0.2) is 71.5 Å². The van der Waals surface area contributed by atoms with E-state index in [1.807, 2.05) is 36.4 Å². The van der Waals surface area contributed by atoms with Gasteiger partial charge in [-0.25, -0.2) is 0 Å². The summed E-state index contributed by atoms with van der Waals surface area (Å²) in [6.45, 7) is 4.92. The first-order chi connectivity index (χ1) is 17.6. The fourth-order valence-corrected chi connectivity index (χ4v) is 4.75. The molecule has 5 nitrogen and oxygen atoms in total. The number of phenolic OH excluding ortho intramolecular Hbond substituents is 2. The summed E-state index contributed by atoms with van der Waals surface area (Å²) in [5, 5.41) is 29.2. The molecule has 0 unspecified atom stereocenters. The van der Waals surface area contributed by atoms with Gasteiger partial charge in [-0.05, 0) is 69.1 Å². The van der Waals surface area contributed by atoms with Crippen LogP contribution in [0, 0.1) is 0 Å². The van der Waals surface area contributed by atoms with Crippen LogP contribution in [0.3, 0.4) is 0 Å². The Bertz CT molecular complexity index is 821. The van der Waals surface area contributed by atoms with Gasteiger partial charge in [0.15, 0.2) is 0 Å². The first-order valence-corrected chi connectivity index (χ1v) is 14.2. The summed E-state index contributed by atoms with van der Waals surface area (Å²) in [4.78, 5) is 4.69. The van der Waals surface area contributed by atoms with Gasteiger partial charge in [0.2, 0.25) is 0 Å². The van der Waals surface area contributed by atoms with Crippen LogP contribution >= 0.6 is 12.4 Å². The molecule has 0 aliphatic rings. The van der Waals surface area contributed by atoms with Crippen LogP contribution in [0.4, 0.5) is 0 Å². The molecule has 0 amide bonds. The molecule has 2 aromatic carbocycles. The number of halogens is 1. The number of unbranched alkanes of at least 4 members (excludes halogenated alkanes) is 9. The minimum absolute atomic E-state index is 0. The molecule has 0 aliphatic carbocycles. The highest BCUT2D eigenvalue weighted by atomic mass is 35.5. The van der Waals surface area contributed by atoms with Gasteiger partial charge in [-0.1, -0.05) is 87.8 Å². The lowest BCUT2D eigenvalue weighted by Crippen LogP contribution is -2.30. The molecule has 0 saturated carbocycles. The van der Waals surface area contributed by atoms with Gasteiger partial charge in [-0.2, -0.15) is 0 Å². The largest absolute Gasteiger partial charge is 0.508 e. The van der Waals surface area contributed by atoms with Gasteiger partial charge in [0, 0.05) is 19.6 Å². The summed E-state index contributed by atoms with van der Waals surface area (Å²) in [7, 11) is 2.18. The van der Waals surface area contributed by atoms with E-state index >= 15 is 0 Å². The van der Waals surface area contributed by atoms with Crippen LogP contribution < -0.4 is 0 Å². The molecular formula is C31H51ClN2O3. The zero-order valence-corrected chi connectivity index (χ0v) is 23.8. The maximum Gasteiger partial charge on any atom is 0.118 e.